The summed E-state index contributed by atoms with van der Waals surface area (Å²) in [6, 6.07) is 6.85. The average molecular weight is 289 g/mol. The van der Waals surface area contributed by atoms with E-state index >= 15 is 0 Å². The van der Waals surface area contributed by atoms with Crippen LogP contribution in [-0.2, 0) is 13.1 Å². The SMILES string of the molecule is Cc1cn2c(CNCc3ccccc3F)c(C)nc2s1. The predicted octanol–water partition coefficient (Wildman–Crippen LogP) is 3.44. The first kappa shape index (κ1) is 13.3. The molecule has 2 heterocycles. The zero-order chi connectivity index (χ0) is 14.1. The minimum absolute atomic E-state index is 0.165. The van der Waals surface area contributed by atoms with E-state index in [1.165, 1.54) is 10.9 Å². The Kier molecular flexibility index (Phi) is 3.54. The lowest BCUT2D eigenvalue weighted by atomic mass is 10.2. The fraction of sp³-hybridized carbons (Fsp3) is 0.267. The Morgan fingerprint density at radius 3 is 2.85 bits per heavy atom. The summed E-state index contributed by atoms with van der Waals surface area (Å²) in [5.74, 6) is -0.165. The van der Waals surface area contributed by atoms with Gasteiger partial charge in [0.1, 0.15) is 5.82 Å². The van der Waals surface area contributed by atoms with Crippen molar-refractivity contribution in [2.45, 2.75) is 26.9 Å². The van der Waals surface area contributed by atoms with Gasteiger partial charge in [0, 0.05) is 29.7 Å². The smallest absolute Gasteiger partial charge is 0.194 e. The van der Waals surface area contributed by atoms with E-state index in [2.05, 4.69) is 27.8 Å². The summed E-state index contributed by atoms with van der Waals surface area (Å²) in [7, 11) is 0. The molecule has 0 aliphatic carbocycles. The third-order valence-corrected chi connectivity index (χ3v) is 4.20. The van der Waals surface area contributed by atoms with Crippen molar-refractivity contribution in [1.29, 1.82) is 0 Å². The third-order valence-electron chi connectivity index (χ3n) is 3.31. The molecule has 0 radical (unpaired) electrons. The number of hydrogen-bond donors (Lipinski definition) is 1. The molecule has 0 unspecified atom stereocenters. The monoisotopic (exact) mass is 289 g/mol. The minimum Gasteiger partial charge on any atom is -0.307 e. The lowest BCUT2D eigenvalue weighted by molar-refractivity contribution is 0.585. The molecule has 1 N–H and O–H groups in total. The van der Waals surface area contributed by atoms with Crippen molar-refractivity contribution in [2.24, 2.45) is 0 Å². The third kappa shape index (κ3) is 2.46. The number of halogens is 1. The van der Waals surface area contributed by atoms with Gasteiger partial charge in [-0.1, -0.05) is 18.2 Å². The summed E-state index contributed by atoms with van der Waals surface area (Å²) in [5.41, 5.74) is 2.85. The molecule has 104 valence electrons. The minimum atomic E-state index is -0.165. The Morgan fingerprint density at radius 2 is 2.05 bits per heavy atom. The second kappa shape index (κ2) is 5.34. The van der Waals surface area contributed by atoms with Gasteiger partial charge in [0.25, 0.3) is 0 Å². The molecule has 1 aromatic carbocycles. The quantitative estimate of drug-likeness (QED) is 0.797. The summed E-state index contributed by atoms with van der Waals surface area (Å²) < 4.78 is 15.6. The van der Waals surface area contributed by atoms with Crippen LogP contribution in [0, 0.1) is 19.7 Å². The first-order valence-electron chi connectivity index (χ1n) is 6.53. The number of imidazole rings is 1. The standard InChI is InChI=1S/C15H16FN3S/c1-10-9-19-14(11(2)18-15(19)20-10)8-17-7-12-5-3-4-6-13(12)16/h3-6,9,17H,7-8H2,1-2H3. The van der Waals surface area contributed by atoms with Gasteiger partial charge in [0.15, 0.2) is 4.96 Å². The van der Waals surface area contributed by atoms with E-state index in [0.29, 0.717) is 18.7 Å². The Morgan fingerprint density at radius 1 is 1.25 bits per heavy atom. The highest BCUT2D eigenvalue weighted by molar-refractivity contribution is 7.17. The molecule has 0 aliphatic heterocycles. The molecular weight excluding hydrogens is 273 g/mol. The van der Waals surface area contributed by atoms with Crippen molar-refractivity contribution in [3.8, 4) is 0 Å². The zero-order valence-electron chi connectivity index (χ0n) is 11.5. The zero-order valence-corrected chi connectivity index (χ0v) is 12.3. The molecule has 0 saturated heterocycles. The van der Waals surface area contributed by atoms with Crippen LogP contribution in [0.5, 0.6) is 0 Å². The van der Waals surface area contributed by atoms with E-state index in [-0.39, 0.29) is 5.82 Å². The maximum Gasteiger partial charge on any atom is 0.194 e. The van der Waals surface area contributed by atoms with Crippen LogP contribution < -0.4 is 5.32 Å². The van der Waals surface area contributed by atoms with Gasteiger partial charge in [-0.15, -0.1) is 11.3 Å². The number of nitrogens with zero attached hydrogens (tertiary/aromatic N) is 2. The number of benzene rings is 1. The van der Waals surface area contributed by atoms with Gasteiger partial charge in [0.2, 0.25) is 0 Å². The predicted molar refractivity (Wildman–Crippen MR) is 79.5 cm³/mol. The highest BCUT2D eigenvalue weighted by Gasteiger charge is 2.10. The van der Waals surface area contributed by atoms with Crippen LogP contribution in [0.25, 0.3) is 4.96 Å². The first-order valence-corrected chi connectivity index (χ1v) is 7.35. The fourth-order valence-corrected chi connectivity index (χ4v) is 3.17. The van der Waals surface area contributed by atoms with Crippen molar-refractivity contribution in [3.05, 3.63) is 58.1 Å². The van der Waals surface area contributed by atoms with Gasteiger partial charge >= 0.3 is 0 Å². The normalized spacial score (nSPS) is 11.3. The van der Waals surface area contributed by atoms with Gasteiger partial charge in [-0.25, -0.2) is 9.37 Å². The number of hydrogen-bond acceptors (Lipinski definition) is 3. The number of aromatic nitrogens is 2. The van der Waals surface area contributed by atoms with Crippen LogP contribution in [-0.4, -0.2) is 9.38 Å². The van der Waals surface area contributed by atoms with Crippen LogP contribution in [0.3, 0.4) is 0 Å². The van der Waals surface area contributed by atoms with Crippen LogP contribution in [0.1, 0.15) is 21.8 Å². The van der Waals surface area contributed by atoms with Crippen molar-refractivity contribution in [2.75, 3.05) is 0 Å². The number of nitrogens with one attached hydrogen (secondary N) is 1. The first-order chi connectivity index (χ1) is 9.65. The Hall–Kier alpha value is -1.72. The molecule has 3 nitrogen and oxygen atoms in total. The van der Waals surface area contributed by atoms with Gasteiger partial charge in [-0.05, 0) is 19.9 Å². The Bertz CT molecular complexity index is 745. The second-order valence-electron chi connectivity index (χ2n) is 4.83. The molecule has 0 amide bonds. The number of thiazole rings is 1. The van der Waals surface area contributed by atoms with Gasteiger partial charge in [-0.2, -0.15) is 0 Å². The van der Waals surface area contributed by atoms with Crippen molar-refractivity contribution in [3.63, 3.8) is 0 Å². The van der Waals surface area contributed by atoms with E-state index in [0.717, 1.165) is 16.3 Å². The molecule has 0 fully saturated rings. The topological polar surface area (TPSA) is 29.3 Å². The number of aryl methyl sites for hydroxylation is 2. The van der Waals surface area contributed by atoms with Gasteiger partial charge < -0.3 is 5.32 Å². The summed E-state index contributed by atoms with van der Waals surface area (Å²) in [6.07, 6.45) is 2.10. The lowest BCUT2D eigenvalue weighted by Gasteiger charge is -2.06. The summed E-state index contributed by atoms with van der Waals surface area (Å²) in [5, 5.41) is 3.29. The van der Waals surface area contributed by atoms with Crippen molar-refractivity contribution < 1.29 is 4.39 Å². The molecule has 3 rings (SSSR count). The van der Waals surface area contributed by atoms with Crippen LogP contribution in [0.2, 0.25) is 0 Å². The van der Waals surface area contributed by atoms with E-state index < -0.39 is 0 Å². The molecule has 0 aliphatic rings. The lowest BCUT2D eigenvalue weighted by Crippen LogP contribution is -2.15. The van der Waals surface area contributed by atoms with Crippen molar-refractivity contribution in [1.82, 2.24) is 14.7 Å². The van der Waals surface area contributed by atoms with E-state index in [9.17, 15) is 4.39 Å². The molecule has 3 aromatic rings. The van der Waals surface area contributed by atoms with Crippen molar-refractivity contribution >= 4 is 16.3 Å². The molecular formula is C15H16FN3S. The van der Waals surface area contributed by atoms with E-state index in [1.807, 2.05) is 13.0 Å². The van der Waals surface area contributed by atoms with E-state index in [4.69, 9.17) is 0 Å². The maximum absolute atomic E-state index is 13.5. The highest BCUT2D eigenvalue weighted by Crippen LogP contribution is 2.20. The molecule has 0 bridgehead atoms. The molecule has 0 atom stereocenters. The van der Waals surface area contributed by atoms with Crippen LogP contribution in [0.15, 0.2) is 30.5 Å². The fourth-order valence-electron chi connectivity index (χ4n) is 2.28. The largest absolute Gasteiger partial charge is 0.307 e. The van der Waals surface area contributed by atoms with Crippen LogP contribution in [0.4, 0.5) is 4.39 Å². The highest BCUT2D eigenvalue weighted by atomic mass is 32.1. The molecule has 5 heteroatoms. The molecule has 2 aromatic heterocycles. The van der Waals surface area contributed by atoms with Gasteiger partial charge in [-0.3, -0.25) is 4.40 Å². The number of rotatable bonds is 4. The summed E-state index contributed by atoms with van der Waals surface area (Å²) in [6.45, 7) is 5.28. The summed E-state index contributed by atoms with van der Waals surface area (Å²) >= 11 is 1.68. The van der Waals surface area contributed by atoms with E-state index in [1.54, 1.807) is 23.5 Å². The summed E-state index contributed by atoms with van der Waals surface area (Å²) in [4.78, 5) is 6.80. The van der Waals surface area contributed by atoms with Crippen LogP contribution >= 0.6 is 11.3 Å². The molecule has 0 saturated carbocycles. The number of fused-ring (bicyclic) bond motifs is 1. The van der Waals surface area contributed by atoms with Gasteiger partial charge in [0.05, 0.1) is 11.4 Å². The Labute approximate surface area is 121 Å². The molecule has 0 spiro atoms. The maximum atomic E-state index is 13.5. The molecule has 20 heavy (non-hydrogen) atoms. The average Bonchev–Trinajstić information content (AvgIpc) is 2.89. The Balaban J connectivity index is 1.74. The second-order valence-corrected chi connectivity index (χ2v) is 6.05.